The van der Waals surface area contributed by atoms with E-state index in [1.807, 2.05) is 48.9 Å². The van der Waals surface area contributed by atoms with Gasteiger partial charge in [-0.05, 0) is 0 Å². The van der Waals surface area contributed by atoms with Crippen LogP contribution in [0.15, 0.2) is 34.9 Å². The first-order valence-electron chi connectivity index (χ1n) is 6.46. The number of fused-ring (bicyclic) bond motifs is 1. The molecule has 0 atom stereocenters. The van der Waals surface area contributed by atoms with Crippen LogP contribution in [0.2, 0.25) is 0 Å². The number of nitrogens with one attached hydrogen (secondary N) is 1. The molecule has 1 amide bonds. The molecule has 0 radical (unpaired) electrons. The number of halogens is 1. The average Bonchev–Trinajstić information content (AvgIpc) is 3.05. The fourth-order valence-corrected chi connectivity index (χ4v) is 3.74. The molecular formula is C14H13BrN4OSe. The Morgan fingerprint density at radius 1 is 1.38 bits per heavy atom. The standard InChI is InChI=1S/C14H13BrN4OSe/c1-8(2)19-7-9(15)6-12(19)14(20)16-10-4-3-5-11-13(10)18-21-17-11/h3-8H,1-2H3,(H,16,20). The second-order valence-corrected chi connectivity index (χ2v) is 6.96. The first kappa shape index (κ1) is 14.5. The summed E-state index contributed by atoms with van der Waals surface area (Å²) >= 11 is 3.32. The molecule has 2 heterocycles. The second-order valence-electron chi connectivity index (χ2n) is 4.94. The number of carbonyl (C=O) groups excluding carboxylic acids is 1. The molecule has 0 fully saturated rings. The van der Waals surface area contributed by atoms with Crippen LogP contribution in [0.3, 0.4) is 0 Å². The molecule has 0 saturated heterocycles. The number of carbonyl (C=O) groups is 1. The monoisotopic (exact) mass is 412 g/mol. The molecule has 0 aliphatic heterocycles. The van der Waals surface area contributed by atoms with E-state index < -0.39 is 0 Å². The van der Waals surface area contributed by atoms with Crippen LogP contribution in [0.1, 0.15) is 30.4 Å². The van der Waals surface area contributed by atoms with Gasteiger partial charge in [0.05, 0.1) is 0 Å². The molecule has 0 unspecified atom stereocenters. The first-order valence-corrected chi connectivity index (χ1v) is 8.79. The molecule has 5 nitrogen and oxygen atoms in total. The van der Waals surface area contributed by atoms with E-state index in [-0.39, 0.29) is 26.9 Å². The van der Waals surface area contributed by atoms with Gasteiger partial charge in [-0.2, -0.15) is 0 Å². The van der Waals surface area contributed by atoms with Crippen LogP contribution in [0.25, 0.3) is 11.0 Å². The number of anilines is 1. The summed E-state index contributed by atoms with van der Waals surface area (Å²) in [5, 5.41) is 2.94. The second kappa shape index (κ2) is 5.75. The molecule has 1 aromatic carbocycles. The Morgan fingerprint density at radius 3 is 2.95 bits per heavy atom. The predicted molar refractivity (Wildman–Crippen MR) is 86.9 cm³/mol. The van der Waals surface area contributed by atoms with E-state index in [4.69, 9.17) is 0 Å². The van der Waals surface area contributed by atoms with Crippen molar-refractivity contribution < 1.29 is 4.79 Å². The molecule has 21 heavy (non-hydrogen) atoms. The molecule has 3 aromatic rings. The number of rotatable bonds is 3. The molecule has 1 N–H and O–H groups in total. The summed E-state index contributed by atoms with van der Waals surface area (Å²) in [5.41, 5.74) is 2.98. The third-order valence-corrected chi connectivity index (χ3v) is 4.71. The number of aromatic nitrogens is 3. The molecule has 0 aliphatic rings. The number of benzene rings is 1. The zero-order valence-electron chi connectivity index (χ0n) is 11.5. The summed E-state index contributed by atoms with van der Waals surface area (Å²) < 4.78 is 11.5. The number of hydrogen-bond acceptors (Lipinski definition) is 3. The van der Waals surface area contributed by atoms with Crippen LogP contribution in [0, 0.1) is 0 Å². The van der Waals surface area contributed by atoms with Gasteiger partial charge in [-0.25, -0.2) is 0 Å². The number of hydrogen-bond donors (Lipinski definition) is 1. The maximum atomic E-state index is 12.5. The van der Waals surface area contributed by atoms with Gasteiger partial charge in [0.15, 0.2) is 0 Å². The summed E-state index contributed by atoms with van der Waals surface area (Å²) in [6.45, 7) is 4.08. The van der Waals surface area contributed by atoms with Gasteiger partial charge in [0, 0.05) is 0 Å². The average molecular weight is 412 g/mol. The van der Waals surface area contributed by atoms with E-state index in [0.29, 0.717) is 11.4 Å². The van der Waals surface area contributed by atoms with Crippen LogP contribution < -0.4 is 5.32 Å². The normalized spacial score (nSPS) is 11.2. The maximum absolute atomic E-state index is 12.5. The minimum atomic E-state index is -0.141. The van der Waals surface area contributed by atoms with E-state index >= 15 is 0 Å². The quantitative estimate of drug-likeness (QED) is 0.673. The third-order valence-electron chi connectivity index (χ3n) is 3.14. The van der Waals surface area contributed by atoms with Crippen LogP contribution in [0.4, 0.5) is 5.69 Å². The molecule has 3 rings (SSSR count). The Hall–Kier alpha value is -1.43. The Balaban J connectivity index is 1.95. The van der Waals surface area contributed by atoms with Gasteiger partial charge >= 0.3 is 137 Å². The Kier molecular flexibility index (Phi) is 3.97. The van der Waals surface area contributed by atoms with Crippen molar-refractivity contribution >= 4 is 53.5 Å². The van der Waals surface area contributed by atoms with Gasteiger partial charge in [0.25, 0.3) is 0 Å². The van der Waals surface area contributed by atoms with Gasteiger partial charge in [0.1, 0.15) is 0 Å². The topological polar surface area (TPSA) is 59.8 Å². The Bertz CT molecular complexity index is 808. The Morgan fingerprint density at radius 2 is 2.19 bits per heavy atom. The van der Waals surface area contributed by atoms with E-state index in [1.165, 1.54) is 0 Å². The molecule has 108 valence electrons. The fraction of sp³-hybridized carbons (Fsp3) is 0.214. The van der Waals surface area contributed by atoms with Crippen molar-refractivity contribution in [1.82, 2.24) is 12.5 Å². The molecule has 2 aromatic heterocycles. The minimum absolute atomic E-state index is 0.107. The molecule has 7 heteroatoms. The first-order chi connectivity index (χ1) is 10.1. The molecule has 0 aliphatic carbocycles. The number of amides is 1. The van der Waals surface area contributed by atoms with Gasteiger partial charge in [-0.3, -0.25) is 0 Å². The van der Waals surface area contributed by atoms with Crippen molar-refractivity contribution in [3.63, 3.8) is 0 Å². The van der Waals surface area contributed by atoms with Crippen molar-refractivity contribution in [1.29, 1.82) is 0 Å². The zero-order valence-corrected chi connectivity index (χ0v) is 14.8. The SMILES string of the molecule is CC(C)n1cc(Br)cc1C(=O)Nc1cccc2n[se]nc12. The van der Waals surface area contributed by atoms with Crippen LogP contribution in [-0.4, -0.2) is 33.4 Å². The third kappa shape index (κ3) is 2.81. The summed E-state index contributed by atoms with van der Waals surface area (Å²) in [6.07, 6.45) is 1.91. The zero-order chi connectivity index (χ0) is 15.0. The van der Waals surface area contributed by atoms with Crippen molar-refractivity contribution in [3.05, 3.63) is 40.6 Å². The van der Waals surface area contributed by atoms with E-state index in [1.54, 1.807) is 0 Å². The van der Waals surface area contributed by atoms with Gasteiger partial charge < -0.3 is 0 Å². The van der Waals surface area contributed by atoms with Crippen LogP contribution in [-0.2, 0) is 0 Å². The predicted octanol–water partition coefficient (Wildman–Crippen LogP) is 3.08. The van der Waals surface area contributed by atoms with Crippen molar-refractivity contribution in [2.24, 2.45) is 0 Å². The van der Waals surface area contributed by atoms with Crippen molar-refractivity contribution in [2.75, 3.05) is 5.32 Å². The molecule has 0 bridgehead atoms. The van der Waals surface area contributed by atoms with E-state index in [0.717, 1.165) is 15.5 Å². The summed E-state index contributed by atoms with van der Waals surface area (Å²) in [5.74, 6) is -0.141. The van der Waals surface area contributed by atoms with Gasteiger partial charge in [-0.1, -0.05) is 0 Å². The van der Waals surface area contributed by atoms with Crippen LogP contribution in [0.5, 0.6) is 0 Å². The molecule has 0 spiro atoms. The number of nitrogens with zero attached hydrogens (tertiary/aromatic N) is 3. The van der Waals surface area contributed by atoms with E-state index in [2.05, 4.69) is 29.2 Å². The van der Waals surface area contributed by atoms with Gasteiger partial charge in [-0.15, -0.1) is 0 Å². The van der Waals surface area contributed by atoms with Crippen molar-refractivity contribution in [3.8, 4) is 0 Å². The fourth-order valence-electron chi connectivity index (χ4n) is 2.15. The van der Waals surface area contributed by atoms with E-state index in [9.17, 15) is 4.79 Å². The molecule has 0 saturated carbocycles. The van der Waals surface area contributed by atoms with Crippen LogP contribution >= 0.6 is 15.9 Å². The Labute approximate surface area is 136 Å². The van der Waals surface area contributed by atoms with Crippen molar-refractivity contribution in [2.45, 2.75) is 19.9 Å². The molecular weight excluding hydrogens is 399 g/mol. The van der Waals surface area contributed by atoms with Gasteiger partial charge in [0.2, 0.25) is 0 Å². The summed E-state index contributed by atoms with van der Waals surface area (Å²) in [6, 6.07) is 7.68. The summed E-state index contributed by atoms with van der Waals surface area (Å²) in [4.78, 5) is 12.5. The summed E-state index contributed by atoms with van der Waals surface area (Å²) in [7, 11) is 0.